The van der Waals surface area contributed by atoms with E-state index in [0.717, 1.165) is 0 Å². The summed E-state index contributed by atoms with van der Waals surface area (Å²) in [6.07, 6.45) is -4.45. The van der Waals surface area contributed by atoms with Crippen LogP contribution in [0.5, 0.6) is 11.5 Å². The summed E-state index contributed by atoms with van der Waals surface area (Å²) in [5.74, 6) is 0.515. The summed E-state index contributed by atoms with van der Waals surface area (Å²) in [6.45, 7) is -1.42. The molecular formula is C15H12F3N3O2. The molecule has 0 fully saturated rings. The lowest BCUT2D eigenvalue weighted by atomic mass is 10.2. The number of nitrogens with zero attached hydrogens (tertiary/aromatic N) is 2. The first-order valence-electron chi connectivity index (χ1n) is 6.43. The summed E-state index contributed by atoms with van der Waals surface area (Å²) in [5.41, 5.74) is 0.669. The number of alkyl halides is 3. The monoisotopic (exact) mass is 323 g/mol. The molecular weight excluding hydrogens is 311 g/mol. The van der Waals surface area contributed by atoms with Crippen LogP contribution >= 0.6 is 0 Å². The van der Waals surface area contributed by atoms with E-state index < -0.39 is 12.8 Å². The number of halogens is 3. The zero-order chi connectivity index (χ0) is 16.9. The number of aromatic nitrogens is 1. The first kappa shape index (κ1) is 16.4. The van der Waals surface area contributed by atoms with Crippen LogP contribution in [0.25, 0.3) is 0 Å². The first-order valence-corrected chi connectivity index (χ1v) is 6.43. The fraction of sp³-hybridized carbons (Fsp3) is 0.200. The van der Waals surface area contributed by atoms with Crippen LogP contribution in [0.3, 0.4) is 0 Å². The lowest BCUT2D eigenvalue weighted by Gasteiger charge is -2.14. The van der Waals surface area contributed by atoms with Gasteiger partial charge in [0, 0.05) is 11.8 Å². The highest BCUT2D eigenvalue weighted by atomic mass is 19.4. The van der Waals surface area contributed by atoms with Crippen LogP contribution in [0, 0.1) is 11.3 Å². The Morgan fingerprint density at radius 2 is 2.00 bits per heavy atom. The number of nitriles is 1. The molecule has 0 spiro atoms. The molecule has 5 nitrogen and oxygen atoms in total. The van der Waals surface area contributed by atoms with Crippen molar-refractivity contribution in [2.75, 3.05) is 19.0 Å². The molecule has 0 saturated heterocycles. The highest BCUT2D eigenvalue weighted by Crippen LogP contribution is 2.32. The van der Waals surface area contributed by atoms with E-state index in [1.807, 2.05) is 6.07 Å². The third kappa shape index (κ3) is 4.78. The van der Waals surface area contributed by atoms with E-state index in [4.69, 9.17) is 14.7 Å². The normalized spacial score (nSPS) is 10.7. The van der Waals surface area contributed by atoms with Gasteiger partial charge < -0.3 is 14.8 Å². The van der Waals surface area contributed by atoms with Gasteiger partial charge in [-0.3, -0.25) is 0 Å². The summed E-state index contributed by atoms with van der Waals surface area (Å²) in [6, 6.07) is 11.1. The van der Waals surface area contributed by atoms with Crippen molar-refractivity contribution in [2.24, 2.45) is 0 Å². The van der Waals surface area contributed by atoms with Gasteiger partial charge in [0.15, 0.2) is 18.1 Å². The highest BCUT2D eigenvalue weighted by molar-refractivity contribution is 5.61. The molecule has 2 rings (SSSR count). The Kier molecular flexibility index (Phi) is 4.91. The van der Waals surface area contributed by atoms with Crippen molar-refractivity contribution < 1.29 is 22.6 Å². The zero-order valence-electron chi connectivity index (χ0n) is 12.0. The molecule has 8 heteroatoms. The first-order chi connectivity index (χ1) is 10.9. The summed E-state index contributed by atoms with van der Waals surface area (Å²) in [7, 11) is 1.33. The zero-order valence-corrected chi connectivity index (χ0v) is 12.0. The van der Waals surface area contributed by atoms with Gasteiger partial charge in [-0.15, -0.1) is 0 Å². The fourth-order valence-electron chi connectivity index (χ4n) is 1.74. The SMILES string of the molecule is COc1ccc(Nc2cccc(C#N)n2)cc1OCC(F)(F)F. The third-order valence-electron chi connectivity index (χ3n) is 2.69. The van der Waals surface area contributed by atoms with Crippen molar-refractivity contribution >= 4 is 11.5 Å². The van der Waals surface area contributed by atoms with Gasteiger partial charge in [-0.05, 0) is 24.3 Å². The van der Waals surface area contributed by atoms with Gasteiger partial charge in [0.05, 0.1) is 7.11 Å². The second kappa shape index (κ2) is 6.87. The molecule has 0 aliphatic rings. The summed E-state index contributed by atoms with van der Waals surface area (Å²) >= 11 is 0. The summed E-state index contributed by atoms with van der Waals surface area (Å²) in [4.78, 5) is 4.02. The average molecular weight is 323 g/mol. The molecule has 120 valence electrons. The number of methoxy groups -OCH3 is 1. The minimum atomic E-state index is -4.45. The quantitative estimate of drug-likeness (QED) is 0.910. The number of ether oxygens (including phenoxy) is 2. The lowest BCUT2D eigenvalue weighted by molar-refractivity contribution is -0.153. The molecule has 0 aliphatic heterocycles. The Balaban J connectivity index is 2.21. The number of hydrogen-bond acceptors (Lipinski definition) is 5. The van der Waals surface area contributed by atoms with Crippen LogP contribution in [-0.4, -0.2) is 24.9 Å². The fourth-order valence-corrected chi connectivity index (χ4v) is 1.74. The number of rotatable bonds is 5. The van der Waals surface area contributed by atoms with Crippen molar-refractivity contribution in [1.82, 2.24) is 4.98 Å². The smallest absolute Gasteiger partial charge is 0.422 e. The number of nitrogens with one attached hydrogen (secondary N) is 1. The van der Waals surface area contributed by atoms with Gasteiger partial charge >= 0.3 is 6.18 Å². The van der Waals surface area contributed by atoms with Crippen LogP contribution in [0.4, 0.5) is 24.7 Å². The average Bonchev–Trinajstić information content (AvgIpc) is 2.52. The van der Waals surface area contributed by atoms with Gasteiger partial charge in [-0.2, -0.15) is 18.4 Å². The van der Waals surface area contributed by atoms with Gasteiger partial charge in [0.2, 0.25) is 0 Å². The van der Waals surface area contributed by atoms with Crippen molar-refractivity contribution in [3.63, 3.8) is 0 Å². The minimum Gasteiger partial charge on any atom is -0.493 e. The van der Waals surface area contributed by atoms with E-state index in [0.29, 0.717) is 11.5 Å². The van der Waals surface area contributed by atoms with Crippen molar-refractivity contribution in [1.29, 1.82) is 5.26 Å². The van der Waals surface area contributed by atoms with E-state index in [1.165, 1.54) is 25.3 Å². The van der Waals surface area contributed by atoms with Crippen LogP contribution < -0.4 is 14.8 Å². The molecule has 1 N–H and O–H groups in total. The molecule has 1 aromatic heterocycles. The Morgan fingerprint density at radius 1 is 1.22 bits per heavy atom. The summed E-state index contributed by atoms with van der Waals surface area (Å²) in [5, 5.41) is 11.7. The van der Waals surface area contributed by atoms with Crippen LogP contribution in [0.1, 0.15) is 5.69 Å². The highest BCUT2D eigenvalue weighted by Gasteiger charge is 2.29. The van der Waals surface area contributed by atoms with E-state index in [-0.39, 0.29) is 17.2 Å². The molecule has 2 aromatic rings. The molecule has 0 amide bonds. The van der Waals surface area contributed by atoms with Gasteiger partial charge in [-0.1, -0.05) is 6.07 Å². The summed E-state index contributed by atoms with van der Waals surface area (Å²) < 4.78 is 46.6. The molecule has 0 atom stereocenters. The van der Waals surface area contributed by atoms with Crippen molar-refractivity contribution in [3.8, 4) is 17.6 Å². The minimum absolute atomic E-state index is 0.0498. The van der Waals surface area contributed by atoms with Crippen LogP contribution in [-0.2, 0) is 0 Å². The molecule has 0 saturated carbocycles. The van der Waals surface area contributed by atoms with E-state index in [2.05, 4.69) is 10.3 Å². The largest absolute Gasteiger partial charge is 0.493 e. The lowest BCUT2D eigenvalue weighted by Crippen LogP contribution is -2.19. The van der Waals surface area contributed by atoms with E-state index in [1.54, 1.807) is 18.2 Å². The third-order valence-corrected chi connectivity index (χ3v) is 2.69. The second-order valence-electron chi connectivity index (χ2n) is 4.41. The van der Waals surface area contributed by atoms with Crippen molar-refractivity contribution in [2.45, 2.75) is 6.18 Å². The topological polar surface area (TPSA) is 67.2 Å². The Hall–Kier alpha value is -2.95. The predicted molar refractivity (Wildman–Crippen MR) is 76.8 cm³/mol. The Morgan fingerprint density at radius 3 is 2.65 bits per heavy atom. The van der Waals surface area contributed by atoms with Gasteiger partial charge in [-0.25, -0.2) is 4.98 Å². The molecule has 1 heterocycles. The van der Waals surface area contributed by atoms with Crippen LogP contribution in [0.15, 0.2) is 36.4 Å². The maximum Gasteiger partial charge on any atom is 0.422 e. The predicted octanol–water partition coefficient (Wildman–Crippen LogP) is 3.65. The molecule has 23 heavy (non-hydrogen) atoms. The second-order valence-corrected chi connectivity index (χ2v) is 4.41. The molecule has 1 aromatic carbocycles. The number of anilines is 2. The number of hydrogen-bond donors (Lipinski definition) is 1. The molecule has 0 bridgehead atoms. The Labute approximate surface area is 130 Å². The Bertz CT molecular complexity index is 727. The van der Waals surface area contributed by atoms with E-state index >= 15 is 0 Å². The molecule has 0 unspecified atom stereocenters. The standard InChI is InChI=1S/C15H12F3N3O2/c1-22-12-6-5-10(7-13(12)23-9-15(16,17)18)20-14-4-2-3-11(8-19)21-14/h2-7H,9H2,1H3,(H,20,21). The number of pyridine rings is 1. The molecule has 0 aliphatic carbocycles. The number of benzene rings is 1. The maximum atomic E-state index is 12.3. The van der Waals surface area contributed by atoms with Gasteiger partial charge in [0.1, 0.15) is 17.6 Å². The van der Waals surface area contributed by atoms with Crippen LogP contribution in [0.2, 0.25) is 0 Å². The molecule has 0 radical (unpaired) electrons. The van der Waals surface area contributed by atoms with Crippen molar-refractivity contribution in [3.05, 3.63) is 42.1 Å². The van der Waals surface area contributed by atoms with E-state index in [9.17, 15) is 13.2 Å². The maximum absolute atomic E-state index is 12.3. The van der Waals surface area contributed by atoms with Gasteiger partial charge in [0.25, 0.3) is 0 Å².